The Morgan fingerprint density at radius 2 is 1.90 bits per heavy atom. The number of carbonyl (C=O) groups is 2. The number of esters is 1. The molecule has 1 heterocycles. The van der Waals surface area contributed by atoms with E-state index in [0.717, 1.165) is 11.1 Å². The Labute approximate surface area is 126 Å². The van der Waals surface area contributed by atoms with Gasteiger partial charge in [-0.05, 0) is 35.4 Å². The molecule has 0 atom stereocenters. The van der Waals surface area contributed by atoms with Crippen molar-refractivity contribution in [3.63, 3.8) is 0 Å². The molecule has 21 heavy (non-hydrogen) atoms. The summed E-state index contributed by atoms with van der Waals surface area (Å²) in [5.41, 5.74) is 2.02. The average Bonchev–Trinajstić information content (AvgIpc) is 2.47. The second-order valence-electron chi connectivity index (χ2n) is 4.22. The van der Waals surface area contributed by atoms with Crippen LogP contribution in [0.1, 0.15) is 17.4 Å². The Balaban J connectivity index is 2.12. The number of nitrogens with zero attached hydrogens (tertiary/aromatic N) is 1. The number of pyridine rings is 1. The van der Waals surface area contributed by atoms with Gasteiger partial charge in [0.25, 0.3) is 5.91 Å². The van der Waals surface area contributed by atoms with E-state index in [1.807, 2.05) is 12.1 Å². The van der Waals surface area contributed by atoms with Crippen molar-refractivity contribution >= 4 is 23.5 Å². The molecule has 1 aromatic carbocycles. The second-order valence-corrected chi connectivity index (χ2v) is 4.66. The fourth-order valence-corrected chi connectivity index (χ4v) is 1.80. The monoisotopic (exact) mass is 304 g/mol. The summed E-state index contributed by atoms with van der Waals surface area (Å²) in [4.78, 5) is 26.5. The highest BCUT2D eigenvalue weighted by Gasteiger charge is 2.08. The van der Waals surface area contributed by atoms with Crippen LogP contribution in [0.25, 0.3) is 11.1 Å². The van der Waals surface area contributed by atoms with Crippen molar-refractivity contribution in [2.24, 2.45) is 0 Å². The van der Waals surface area contributed by atoms with Crippen LogP contribution in [-0.4, -0.2) is 23.6 Å². The number of amides is 1. The molecule has 5 nitrogen and oxygen atoms in total. The zero-order valence-electron chi connectivity index (χ0n) is 11.3. The van der Waals surface area contributed by atoms with Crippen molar-refractivity contribution in [1.29, 1.82) is 0 Å². The van der Waals surface area contributed by atoms with E-state index in [-0.39, 0.29) is 12.4 Å². The Morgan fingerprint density at radius 1 is 1.19 bits per heavy atom. The molecule has 108 valence electrons. The molecule has 2 aromatic rings. The molecule has 2 rings (SSSR count). The zero-order chi connectivity index (χ0) is 15.2. The highest BCUT2D eigenvalue weighted by Crippen LogP contribution is 2.21. The molecular formula is C15H13ClN2O3. The average molecular weight is 305 g/mol. The molecule has 0 spiro atoms. The first-order valence-electron chi connectivity index (χ1n) is 6.20. The van der Waals surface area contributed by atoms with Crippen LogP contribution in [0.3, 0.4) is 0 Å². The van der Waals surface area contributed by atoms with Crippen molar-refractivity contribution < 1.29 is 14.3 Å². The number of nitrogens with one attached hydrogen (secondary N) is 1. The lowest BCUT2D eigenvalue weighted by molar-refractivity contribution is -0.141. The fourth-order valence-electron chi connectivity index (χ4n) is 1.67. The molecule has 0 aliphatic rings. The van der Waals surface area contributed by atoms with Crippen LogP contribution in [0.5, 0.6) is 0 Å². The number of benzene rings is 1. The topological polar surface area (TPSA) is 68.3 Å². The lowest BCUT2D eigenvalue weighted by Gasteiger charge is -2.06. The number of ether oxygens (including phenoxy) is 1. The van der Waals surface area contributed by atoms with Crippen molar-refractivity contribution in [3.05, 3.63) is 53.3 Å². The summed E-state index contributed by atoms with van der Waals surface area (Å²) in [6, 6.07) is 10.7. The molecule has 0 radical (unpaired) electrons. The van der Waals surface area contributed by atoms with E-state index < -0.39 is 11.9 Å². The van der Waals surface area contributed by atoms with Gasteiger partial charge in [0, 0.05) is 18.1 Å². The van der Waals surface area contributed by atoms with Crippen LogP contribution in [0.2, 0.25) is 5.02 Å². The Kier molecular flexibility index (Phi) is 4.90. The molecule has 1 amide bonds. The molecule has 0 saturated heterocycles. The largest absolute Gasteiger partial charge is 0.445 e. The van der Waals surface area contributed by atoms with Crippen LogP contribution in [0.4, 0.5) is 0 Å². The Bertz CT molecular complexity index is 656. The number of rotatable bonds is 4. The normalized spacial score (nSPS) is 10.0. The van der Waals surface area contributed by atoms with Crippen LogP contribution in [-0.2, 0) is 9.53 Å². The predicted molar refractivity (Wildman–Crippen MR) is 78.8 cm³/mol. The number of aromatic nitrogens is 1. The maximum Gasteiger partial charge on any atom is 0.304 e. The minimum atomic E-state index is -0.460. The van der Waals surface area contributed by atoms with Gasteiger partial charge in [-0.15, -0.1) is 0 Å². The number of hydrogen-bond acceptors (Lipinski definition) is 4. The molecule has 6 heteroatoms. The van der Waals surface area contributed by atoms with Crippen molar-refractivity contribution in [2.75, 3.05) is 6.73 Å². The summed E-state index contributed by atoms with van der Waals surface area (Å²) in [5.74, 6) is -0.870. The van der Waals surface area contributed by atoms with Crippen LogP contribution >= 0.6 is 11.6 Å². The van der Waals surface area contributed by atoms with Gasteiger partial charge in [0.2, 0.25) is 0 Å². The first-order valence-corrected chi connectivity index (χ1v) is 6.57. The standard InChI is InChI=1S/C15H13ClN2O3/c1-10(19)21-9-18-15(20)14-8-12(6-7-17-14)11-2-4-13(16)5-3-11/h2-8H,9H2,1H3,(H,18,20). The molecule has 0 aliphatic carbocycles. The van der Waals surface area contributed by atoms with Crippen molar-refractivity contribution in [2.45, 2.75) is 6.92 Å². The van der Waals surface area contributed by atoms with Gasteiger partial charge in [0.15, 0.2) is 6.73 Å². The predicted octanol–water partition coefficient (Wildman–Crippen LogP) is 2.65. The summed E-state index contributed by atoms with van der Waals surface area (Å²) < 4.78 is 4.65. The molecule has 1 N–H and O–H groups in total. The van der Waals surface area contributed by atoms with Gasteiger partial charge in [-0.25, -0.2) is 0 Å². The molecule has 0 saturated carbocycles. The third-order valence-corrected chi connectivity index (χ3v) is 2.93. The lowest BCUT2D eigenvalue weighted by Crippen LogP contribution is -2.27. The van der Waals surface area contributed by atoms with Gasteiger partial charge >= 0.3 is 5.97 Å². The maximum atomic E-state index is 11.9. The van der Waals surface area contributed by atoms with Crippen molar-refractivity contribution in [1.82, 2.24) is 10.3 Å². The quantitative estimate of drug-likeness (QED) is 0.696. The minimum absolute atomic E-state index is 0.180. The Morgan fingerprint density at radius 3 is 2.57 bits per heavy atom. The minimum Gasteiger partial charge on any atom is -0.445 e. The summed E-state index contributed by atoms with van der Waals surface area (Å²) in [7, 11) is 0. The highest BCUT2D eigenvalue weighted by atomic mass is 35.5. The van der Waals surface area contributed by atoms with Crippen molar-refractivity contribution in [3.8, 4) is 11.1 Å². The van der Waals surface area contributed by atoms with E-state index in [4.69, 9.17) is 11.6 Å². The fraction of sp³-hybridized carbons (Fsp3) is 0.133. The maximum absolute atomic E-state index is 11.9. The smallest absolute Gasteiger partial charge is 0.304 e. The van der Waals surface area contributed by atoms with E-state index in [1.165, 1.54) is 6.92 Å². The van der Waals surface area contributed by atoms with Crippen LogP contribution in [0, 0.1) is 0 Å². The summed E-state index contributed by atoms with van der Waals surface area (Å²) >= 11 is 5.85. The lowest BCUT2D eigenvalue weighted by atomic mass is 10.1. The molecular weight excluding hydrogens is 292 g/mol. The molecule has 0 fully saturated rings. The third-order valence-electron chi connectivity index (χ3n) is 2.68. The van der Waals surface area contributed by atoms with Gasteiger partial charge in [-0.1, -0.05) is 23.7 Å². The van der Waals surface area contributed by atoms with E-state index >= 15 is 0 Å². The van der Waals surface area contributed by atoms with E-state index in [9.17, 15) is 9.59 Å². The van der Waals surface area contributed by atoms with E-state index in [0.29, 0.717) is 5.02 Å². The van der Waals surface area contributed by atoms with Gasteiger partial charge in [-0.3, -0.25) is 14.6 Å². The first-order chi connectivity index (χ1) is 10.1. The van der Waals surface area contributed by atoms with E-state index in [1.54, 1.807) is 30.5 Å². The van der Waals surface area contributed by atoms with Gasteiger partial charge in [0.05, 0.1) is 0 Å². The van der Waals surface area contributed by atoms with Gasteiger partial charge in [-0.2, -0.15) is 0 Å². The number of halogens is 1. The van der Waals surface area contributed by atoms with Crippen LogP contribution in [0.15, 0.2) is 42.6 Å². The SMILES string of the molecule is CC(=O)OCNC(=O)c1cc(-c2ccc(Cl)cc2)ccn1. The molecule has 0 unspecified atom stereocenters. The Hall–Kier alpha value is -2.40. The summed E-state index contributed by atoms with van der Waals surface area (Å²) in [6.07, 6.45) is 1.55. The highest BCUT2D eigenvalue weighted by molar-refractivity contribution is 6.30. The third kappa shape index (κ3) is 4.29. The number of carbonyl (C=O) groups excluding carboxylic acids is 2. The molecule has 0 bridgehead atoms. The zero-order valence-corrected chi connectivity index (χ0v) is 12.1. The van der Waals surface area contributed by atoms with E-state index in [2.05, 4.69) is 15.0 Å². The van der Waals surface area contributed by atoms with Gasteiger partial charge < -0.3 is 10.1 Å². The summed E-state index contributed by atoms with van der Waals surface area (Å²) in [6.45, 7) is 1.09. The molecule has 0 aliphatic heterocycles. The number of hydrogen-bond donors (Lipinski definition) is 1. The molecule has 1 aromatic heterocycles. The first kappa shape index (κ1) is 15.0. The summed E-state index contributed by atoms with van der Waals surface area (Å²) in [5, 5.41) is 3.10. The van der Waals surface area contributed by atoms with Gasteiger partial charge in [0.1, 0.15) is 5.69 Å². The second kappa shape index (κ2) is 6.85. The van der Waals surface area contributed by atoms with Crippen LogP contribution < -0.4 is 5.32 Å².